The molecule has 0 aromatic heterocycles. The summed E-state index contributed by atoms with van der Waals surface area (Å²) in [6.07, 6.45) is 10.2. The van der Waals surface area contributed by atoms with Gasteiger partial charge in [0.05, 0.1) is 12.2 Å². The Labute approximate surface area is 105 Å². The Hall–Kier alpha value is -0.120. The van der Waals surface area contributed by atoms with E-state index in [0.717, 1.165) is 32.0 Å². The summed E-state index contributed by atoms with van der Waals surface area (Å²) in [5, 5.41) is 13.3. The molecule has 100 valence electrons. The Balaban J connectivity index is 1.51. The first-order valence-electron chi connectivity index (χ1n) is 7.35. The van der Waals surface area contributed by atoms with E-state index in [9.17, 15) is 5.11 Å². The normalized spacial score (nSPS) is 28.4. The first kappa shape index (κ1) is 13.3. The fourth-order valence-electron chi connectivity index (χ4n) is 3.09. The Morgan fingerprint density at radius 2 is 1.88 bits per heavy atom. The van der Waals surface area contributed by atoms with Gasteiger partial charge in [0.2, 0.25) is 0 Å². The summed E-state index contributed by atoms with van der Waals surface area (Å²) in [4.78, 5) is 0. The molecule has 0 spiro atoms. The minimum absolute atomic E-state index is 0.165. The number of hydrogen-bond donors (Lipinski definition) is 2. The van der Waals surface area contributed by atoms with Gasteiger partial charge in [-0.1, -0.05) is 25.7 Å². The molecule has 1 aliphatic carbocycles. The Kier molecular flexibility index (Phi) is 5.75. The standard InChI is InChI=1S/C14H27NO2/c16-13(9-12-5-1-2-6-12)10-15-11-14-7-3-4-8-17-14/h12-16H,1-11H2. The summed E-state index contributed by atoms with van der Waals surface area (Å²) in [5.74, 6) is 0.776. The molecule has 17 heavy (non-hydrogen) atoms. The zero-order valence-corrected chi connectivity index (χ0v) is 10.9. The van der Waals surface area contributed by atoms with Crippen LogP contribution < -0.4 is 5.32 Å². The van der Waals surface area contributed by atoms with Gasteiger partial charge in [0.1, 0.15) is 0 Å². The van der Waals surface area contributed by atoms with Crippen LogP contribution in [0.1, 0.15) is 51.4 Å². The number of aliphatic hydroxyl groups is 1. The van der Waals surface area contributed by atoms with Crippen LogP contribution in [0.5, 0.6) is 0 Å². The summed E-state index contributed by atoms with van der Waals surface area (Å²) >= 11 is 0. The summed E-state index contributed by atoms with van der Waals surface area (Å²) in [7, 11) is 0. The van der Waals surface area contributed by atoms with Crippen molar-refractivity contribution in [1.82, 2.24) is 5.32 Å². The number of ether oxygens (including phenoxy) is 1. The van der Waals surface area contributed by atoms with Gasteiger partial charge < -0.3 is 15.2 Å². The van der Waals surface area contributed by atoms with Gasteiger partial charge >= 0.3 is 0 Å². The molecule has 0 aromatic rings. The summed E-state index contributed by atoms with van der Waals surface area (Å²) in [6.45, 7) is 2.55. The molecule has 0 bridgehead atoms. The van der Waals surface area contributed by atoms with Crippen LogP contribution in [0.4, 0.5) is 0 Å². The lowest BCUT2D eigenvalue weighted by Gasteiger charge is -2.24. The second-order valence-corrected chi connectivity index (χ2v) is 5.69. The molecule has 1 aliphatic heterocycles. The highest BCUT2D eigenvalue weighted by molar-refractivity contribution is 4.73. The van der Waals surface area contributed by atoms with Crippen LogP contribution >= 0.6 is 0 Å². The van der Waals surface area contributed by atoms with Crippen molar-refractivity contribution in [3.05, 3.63) is 0 Å². The SMILES string of the molecule is OC(CNCC1CCCCO1)CC1CCCC1. The Morgan fingerprint density at radius 1 is 1.12 bits per heavy atom. The number of rotatable bonds is 6. The molecular weight excluding hydrogens is 214 g/mol. The van der Waals surface area contributed by atoms with Crippen LogP contribution in [-0.4, -0.2) is 37.0 Å². The van der Waals surface area contributed by atoms with Crippen molar-refractivity contribution in [2.24, 2.45) is 5.92 Å². The van der Waals surface area contributed by atoms with E-state index in [-0.39, 0.29) is 6.10 Å². The lowest BCUT2D eigenvalue weighted by atomic mass is 10.00. The maximum atomic E-state index is 9.94. The lowest BCUT2D eigenvalue weighted by Crippen LogP contribution is -2.36. The van der Waals surface area contributed by atoms with Gasteiger partial charge in [0, 0.05) is 19.7 Å². The number of hydrogen-bond acceptors (Lipinski definition) is 3. The van der Waals surface area contributed by atoms with Crippen molar-refractivity contribution >= 4 is 0 Å². The van der Waals surface area contributed by atoms with Gasteiger partial charge in [-0.05, 0) is 31.6 Å². The molecule has 2 rings (SSSR count). The van der Waals surface area contributed by atoms with Crippen LogP contribution in [0.25, 0.3) is 0 Å². The smallest absolute Gasteiger partial charge is 0.0699 e. The third kappa shape index (κ3) is 4.94. The van der Waals surface area contributed by atoms with Gasteiger partial charge in [-0.25, -0.2) is 0 Å². The maximum Gasteiger partial charge on any atom is 0.0699 e. The second kappa shape index (κ2) is 7.34. The summed E-state index contributed by atoms with van der Waals surface area (Å²) in [5.41, 5.74) is 0. The van der Waals surface area contributed by atoms with Gasteiger partial charge in [-0.15, -0.1) is 0 Å². The highest BCUT2D eigenvalue weighted by atomic mass is 16.5. The third-order valence-electron chi connectivity index (χ3n) is 4.11. The van der Waals surface area contributed by atoms with Crippen LogP contribution in [0.2, 0.25) is 0 Å². The largest absolute Gasteiger partial charge is 0.392 e. The number of aliphatic hydroxyl groups excluding tert-OH is 1. The fourth-order valence-corrected chi connectivity index (χ4v) is 3.09. The highest BCUT2D eigenvalue weighted by Gasteiger charge is 2.19. The van der Waals surface area contributed by atoms with Crippen molar-refractivity contribution in [2.45, 2.75) is 63.6 Å². The topological polar surface area (TPSA) is 41.5 Å². The predicted octanol–water partition coefficient (Wildman–Crippen LogP) is 2.09. The van der Waals surface area contributed by atoms with Crippen molar-refractivity contribution in [1.29, 1.82) is 0 Å². The highest BCUT2D eigenvalue weighted by Crippen LogP contribution is 2.28. The van der Waals surface area contributed by atoms with E-state index in [2.05, 4.69) is 5.32 Å². The molecule has 0 amide bonds. The molecule has 3 heteroatoms. The van der Waals surface area contributed by atoms with E-state index in [1.807, 2.05) is 0 Å². The van der Waals surface area contributed by atoms with Gasteiger partial charge in [0.15, 0.2) is 0 Å². The van der Waals surface area contributed by atoms with E-state index in [1.54, 1.807) is 0 Å². The quantitative estimate of drug-likeness (QED) is 0.748. The number of nitrogens with one attached hydrogen (secondary N) is 1. The van der Waals surface area contributed by atoms with Crippen molar-refractivity contribution < 1.29 is 9.84 Å². The average Bonchev–Trinajstić information content (AvgIpc) is 2.83. The van der Waals surface area contributed by atoms with Crippen LogP contribution in [0, 0.1) is 5.92 Å². The second-order valence-electron chi connectivity index (χ2n) is 5.69. The lowest BCUT2D eigenvalue weighted by molar-refractivity contribution is 0.0148. The zero-order valence-electron chi connectivity index (χ0n) is 10.9. The van der Waals surface area contributed by atoms with Gasteiger partial charge in [0.25, 0.3) is 0 Å². The van der Waals surface area contributed by atoms with Crippen molar-refractivity contribution in [3.63, 3.8) is 0 Å². The van der Waals surface area contributed by atoms with E-state index in [0.29, 0.717) is 6.10 Å². The molecule has 1 saturated heterocycles. The van der Waals surface area contributed by atoms with Crippen molar-refractivity contribution in [2.75, 3.05) is 19.7 Å². The van der Waals surface area contributed by atoms with Crippen LogP contribution in [0.3, 0.4) is 0 Å². The molecule has 2 fully saturated rings. The van der Waals surface area contributed by atoms with E-state index in [1.165, 1.54) is 44.9 Å². The molecule has 2 unspecified atom stereocenters. The summed E-state index contributed by atoms with van der Waals surface area (Å²) < 4.78 is 5.65. The van der Waals surface area contributed by atoms with E-state index < -0.39 is 0 Å². The first-order chi connectivity index (χ1) is 8.34. The molecule has 0 aromatic carbocycles. The Morgan fingerprint density at radius 3 is 2.59 bits per heavy atom. The zero-order chi connectivity index (χ0) is 11.9. The minimum Gasteiger partial charge on any atom is -0.392 e. The molecule has 1 heterocycles. The van der Waals surface area contributed by atoms with Crippen molar-refractivity contribution in [3.8, 4) is 0 Å². The first-order valence-corrected chi connectivity index (χ1v) is 7.35. The molecule has 2 atom stereocenters. The molecule has 2 N–H and O–H groups in total. The van der Waals surface area contributed by atoms with E-state index >= 15 is 0 Å². The average molecular weight is 241 g/mol. The third-order valence-corrected chi connectivity index (χ3v) is 4.11. The Bertz CT molecular complexity index is 198. The monoisotopic (exact) mass is 241 g/mol. The molecule has 0 radical (unpaired) electrons. The molecule has 1 saturated carbocycles. The van der Waals surface area contributed by atoms with Crippen LogP contribution in [0.15, 0.2) is 0 Å². The van der Waals surface area contributed by atoms with Crippen LogP contribution in [-0.2, 0) is 4.74 Å². The van der Waals surface area contributed by atoms with Gasteiger partial charge in [-0.3, -0.25) is 0 Å². The molecule has 2 aliphatic rings. The van der Waals surface area contributed by atoms with E-state index in [4.69, 9.17) is 4.74 Å². The summed E-state index contributed by atoms with van der Waals surface area (Å²) in [6, 6.07) is 0. The molecular formula is C14H27NO2. The molecule has 3 nitrogen and oxygen atoms in total. The predicted molar refractivity (Wildman–Crippen MR) is 69.0 cm³/mol. The van der Waals surface area contributed by atoms with Gasteiger partial charge in [-0.2, -0.15) is 0 Å². The fraction of sp³-hybridized carbons (Fsp3) is 1.00. The minimum atomic E-state index is -0.165. The maximum absolute atomic E-state index is 9.94.